The van der Waals surface area contributed by atoms with Crippen LogP contribution in [0, 0.1) is 0 Å². The van der Waals surface area contributed by atoms with Crippen molar-refractivity contribution in [3.8, 4) is 11.5 Å². The van der Waals surface area contributed by atoms with Crippen molar-refractivity contribution in [2.75, 3.05) is 39.3 Å². The second-order valence-electron chi connectivity index (χ2n) is 5.49. The van der Waals surface area contributed by atoms with Crippen LogP contribution in [-0.2, 0) is 0 Å². The minimum absolute atomic E-state index is 0.0280. The molecule has 1 fully saturated rings. The molecular weight excluding hydrogens is 254 g/mol. The summed E-state index contributed by atoms with van der Waals surface area (Å²) in [5, 5.41) is 0. The van der Waals surface area contributed by atoms with Crippen LogP contribution in [0.15, 0.2) is 24.3 Å². The van der Waals surface area contributed by atoms with Gasteiger partial charge in [-0.25, -0.2) is 0 Å². The van der Waals surface area contributed by atoms with Gasteiger partial charge in [-0.3, -0.25) is 9.80 Å². The van der Waals surface area contributed by atoms with Gasteiger partial charge < -0.3 is 15.2 Å². The molecule has 2 atom stereocenters. The number of rotatable bonds is 3. The average Bonchev–Trinajstić information content (AvgIpc) is 2.54. The van der Waals surface area contributed by atoms with Crippen molar-refractivity contribution in [3.63, 3.8) is 0 Å². The van der Waals surface area contributed by atoms with Gasteiger partial charge in [0.2, 0.25) is 0 Å². The molecule has 0 spiro atoms. The molecule has 0 saturated carbocycles. The third-order valence-electron chi connectivity index (χ3n) is 4.21. The third-order valence-corrected chi connectivity index (χ3v) is 4.21. The predicted molar refractivity (Wildman–Crippen MR) is 78.0 cm³/mol. The first kappa shape index (κ1) is 13.7. The molecule has 0 amide bonds. The lowest BCUT2D eigenvalue weighted by Gasteiger charge is -2.42. The molecule has 0 aliphatic carbocycles. The molecule has 0 aromatic heterocycles. The minimum Gasteiger partial charge on any atom is -0.484 e. The number of nitrogens with two attached hydrogens (primary N) is 1. The maximum atomic E-state index is 6.05. The Morgan fingerprint density at radius 2 is 1.90 bits per heavy atom. The molecule has 2 aliphatic heterocycles. The molecular formula is C15H23N3O2. The van der Waals surface area contributed by atoms with E-state index in [-0.39, 0.29) is 6.23 Å². The predicted octanol–water partition coefficient (Wildman–Crippen LogP) is 0.749. The molecule has 5 heteroatoms. The van der Waals surface area contributed by atoms with E-state index < -0.39 is 0 Å². The Hall–Kier alpha value is -1.30. The fourth-order valence-electron chi connectivity index (χ4n) is 2.80. The van der Waals surface area contributed by atoms with Gasteiger partial charge in [0.25, 0.3) is 0 Å². The first-order valence-electron chi connectivity index (χ1n) is 7.34. The molecule has 110 valence electrons. The summed E-state index contributed by atoms with van der Waals surface area (Å²) in [4.78, 5) is 4.80. The maximum Gasteiger partial charge on any atom is 0.187 e. The van der Waals surface area contributed by atoms with E-state index >= 15 is 0 Å². The number of benzene rings is 1. The van der Waals surface area contributed by atoms with Gasteiger partial charge in [-0.05, 0) is 19.1 Å². The Balaban J connectivity index is 1.57. The van der Waals surface area contributed by atoms with E-state index in [1.807, 2.05) is 24.3 Å². The highest BCUT2D eigenvalue weighted by Crippen LogP contribution is 2.31. The highest BCUT2D eigenvalue weighted by molar-refractivity contribution is 5.40. The quantitative estimate of drug-likeness (QED) is 0.883. The number of piperazine rings is 1. The largest absolute Gasteiger partial charge is 0.484 e. The van der Waals surface area contributed by atoms with Crippen LogP contribution >= 0.6 is 0 Å². The highest BCUT2D eigenvalue weighted by atomic mass is 16.6. The molecule has 0 bridgehead atoms. The molecule has 2 unspecified atom stereocenters. The van der Waals surface area contributed by atoms with E-state index in [0.717, 1.165) is 44.2 Å². The number of fused-ring (bicyclic) bond motifs is 1. The van der Waals surface area contributed by atoms with Gasteiger partial charge in [0.1, 0.15) is 6.61 Å². The highest BCUT2D eigenvalue weighted by Gasteiger charge is 2.30. The summed E-state index contributed by atoms with van der Waals surface area (Å²) in [5.74, 6) is 1.70. The lowest BCUT2D eigenvalue weighted by Crippen LogP contribution is -2.56. The van der Waals surface area contributed by atoms with Crippen LogP contribution in [0.5, 0.6) is 11.5 Å². The standard InChI is InChI=1S/C15H23N3O2/c1-12(10-16)17-6-8-18(9-7-17)15-11-19-13-4-2-3-5-14(13)20-15/h2-5,12,15H,6-11,16H2,1H3. The number of hydrogen-bond donors (Lipinski definition) is 1. The zero-order valence-electron chi connectivity index (χ0n) is 12.0. The lowest BCUT2D eigenvalue weighted by molar-refractivity contribution is -0.0530. The number of ether oxygens (including phenoxy) is 2. The van der Waals surface area contributed by atoms with Crippen molar-refractivity contribution in [1.29, 1.82) is 0 Å². The van der Waals surface area contributed by atoms with Crippen LogP contribution in [0.1, 0.15) is 6.92 Å². The molecule has 3 rings (SSSR count). The van der Waals surface area contributed by atoms with Crippen molar-refractivity contribution in [3.05, 3.63) is 24.3 Å². The van der Waals surface area contributed by atoms with Crippen LogP contribution in [0.25, 0.3) is 0 Å². The van der Waals surface area contributed by atoms with Crippen molar-refractivity contribution in [1.82, 2.24) is 9.80 Å². The van der Waals surface area contributed by atoms with Crippen LogP contribution in [-0.4, -0.2) is 61.4 Å². The van der Waals surface area contributed by atoms with E-state index in [0.29, 0.717) is 12.6 Å². The third kappa shape index (κ3) is 2.75. The molecule has 5 nitrogen and oxygen atoms in total. The van der Waals surface area contributed by atoms with Crippen molar-refractivity contribution in [2.45, 2.75) is 19.2 Å². The Kier molecular flexibility index (Phi) is 4.10. The van der Waals surface area contributed by atoms with Crippen molar-refractivity contribution < 1.29 is 9.47 Å². The van der Waals surface area contributed by atoms with Gasteiger partial charge in [0.15, 0.2) is 17.7 Å². The van der Waals surface area contributed by atoms with E-state index in [2.05, 4.69) is 16.7 Å². The number of nitrogens with zero attached hydrogens (tertiary/aromatic N) is 2. The summed E-state index contributed by atoms with van der Waals surface area (Å²) in [7, 11) is 0. The summed E-state index contributed by atoms with van der Waals surface area (Å²) < 4.78 is 11.8. The van der Waals surface area contributed by atoms with Gasteiger partial charge in [-0.15, -0.1) is 0 Å². The van der Waals surface area contributed by atoms with Crippen LogP contribution in [0.4, 0.5) is 0 Å². The second-order valence-corrected chi connectivity index (χ2v) is 5.49. The van der Waals surface area contributed by atoms with E-state index in [1.165, 1.54) is 0 Å². The first-order valence-corrected chi connectivity index (χ1v) is 7.34. The number of hydrogen-bond acceptors (Lipinski definition) is 5. The van der Waals surface area contributed by atoms with E-state index in [1.54, 1.807) is 0 Å². The van der Waals surface area contributed by atoms with Gasteiger partial charge in [0.05, 0.1) is 0 Å². The van der Waals surface area contributed by atoms with Gasteiger partial charge in [0, 0.05) is 38.8 Å². The fourth-order valence-corrected chi connectivity index (χ4v) is 2.80. The van der Waals surface area contributed by atoms with Crippen molar-refractivity contribution in [2.24, 2.45) is 5.73 Å². The molecule has 1 saturated heterocycles. The Morgan fingerprint density at radius 3 is 2.60 bits per heavy atom. The minimum atomic E-state index is 0.0280. The summed E-state index contributed by atoms with van der Waals surface area (Å²) in [5.41, 5.74) is 5.73. The summed E-state index contributed by atoms with van der Waals surface area (Å²) in [6, 6.07) is 8.32. The van der Waals surface area contributed by atoms with Crippen LogP contribution in [0.3, 0.4) is 0 Å². The first-order chi connectivity index (χ1) is 9.78. The normalized spacial score (nSPS) is 25.4. The maximum absolute atomic E-state index is 6.05. The molecule has 1 aromatic rings. The molecule has 0 radical (unpaired) electrons. The Bertz CT molecular complexity index is 446. The van der Waals surface area contributed by atoms with Gasteiger partial charge in [-0.2, -0.15) is 0 Å². The van der Waals surface area contributed by atoms with Crippen molar-refractivity contribution >= 4 is 0 Å². The summed E-state index contributed by atoms with van der Waals surface area (Å²) >= 11 is 0. The molecule has 1 aromatic carbocycles. The SMILES string of the molecule is CC(CN)N1CCN(C2COc3ccccc3O2)CC1. The molecule has 20 heavy (non-hydrogen) atoms. The lowest BCUT2D eigenvalue weighted by atomic mass is 10.2. The van der Waals surface area contributed by atoms with E-state index in [9.17, 15) is 0 Å². The molecule has 2 heterocycles. The fraction of sp³-hybridized carbons (Fsp3) is 0.600. The van der Waals surface area contributed by atoms with E-state index in [4.69, 9.17) is 15.2 Å². The number of para-hydroxylation sites is 2. The monoisotopic (exact) mass is 277 g/mol. The van der Waals surface area contributed by atoms with Crippen LogP contribution < -0.4 is 15.2 Å². The summed E-state index contributed by atoms with van der Waals surface area (Å²) in [6.45, 7) is 7.59. The second kappa shape index (κ2) is 5.99. The zero-order chi connectivity index (χ0) is 13.9. The molecule has 2 aliphatic rings. The Morgan fingerprint density at radius 1 is 1.20 bits per heavy atom. The molecule has 2 N–H and O–H groups in total. The smallest absolute Gasteiger partial charge is 0.187 e. The van der Waals surface area contributed by atoms with Gasteiger partial charge in [-0.1, -0.05) is 12.1 Å². The topological polar surface area (TPSA) is 51.0 Å². The Labute approximate surface area is 120 Å². The zero-order valence-corrected chi connectivity index (χ0v) is 12.0. The summed E-state index contributed by atoms with van der Waals surface area (Å²) in [6.07, 6.45) is 0.0280. The van der Waals surface area contributed by atoms with Gasteiger partial charge >= 0.3 is 0 Å². The average molecular weight is 277 g/mol. The van der Waals surface area contributed by atoms with Crippen LogP contribution in [0.2, 0.25) is 0 Å².